The van der Waals surface area contributed by atoms with Gasteiger partial charge < -0.3 is 0 Å². The van der Waals surface area contributed by atoms with Crippen molar-refractivity contribution in [2.45, 2.75) is 19.8 Å². The van der Waals surface area contributed by atoms with Gasteiger partial charge in [-0.05, 0) is 0 Å². The summed E-state index contributed by atoms with van der Waals surface area (Å²) in [5.41, 5.74) is 0. The first-order valence-corrected chi connectivity index (χ1v) is 2.96. The summed E-state index contributed by atoms with van der Waals surface area (Å²) < 4.78 is 5.07. The van der Waals surface area contributed by atoms with Gasteiger partial charge in [-0.3, -0.25) is 0 Å². The van der Waals surface area contributed by atoms with Crippen molar-refractivity contribution in [3.8, 4) is 0 Å². The fourth-order valence-corrected chi connectivity index (χ4v) is 0.701. The van der Waals surface area contributed by atoms with Crippen LogP contribution < -0.4 is 0 Å². The molecular formula is C6H9BO. The van der Waals surface area contributed by atoms with Gasteiger partial charge in [0.25, 0.3) is 0 Å². The Kier molecular flexibility index (Phi) is 1.89. The molecule has 1 nitrogen and oxygen atoms in total. The first kappa shape index (κ1) is 5.61. The molecule has 0 saturated heterocycles. The van der Waals surface area contributed by atoms with E-state index >= 15 is 0 Å². The molecule has 0 atom stereocenters. The van der Waals surface area contributed by atoms with Crippen LogP contribution in [0.25, 0.3) is 0 Å². The number of rotatable bonds is 2. The van der Waals surface area contributed by atoms with Gasteiger partial charge in [0.05, 0.1) is 0 Å². The average molecular weight is 108 g/mol. The zero-order chi connectivity index (χ0) is 5.82. The van der Waals surface area contributed by atoms with Gasteiger partial charge in [0.2, 0.25) is 0 Å². The van der Waals surface area contributed by atoms with Crippen molar-refractivity contribution in [1.29, 1.82) is 0 Å². The van der Waals surface area contributed by atoms with Gasteiger partial charge >= 0.3 is 49.0 Å². The van der Waals surface area contributed by atoms with E-state index in [4.69, 9.17) is 4.33 Å². The molecule has 0 N–H and O–H groups in total. The summed E-state index contributed by atoms with van der Waals surface area (Å²) in [5.74, 6) is 3.01. The van der Waals surface area contributed by atoms with Crippen molar-refractivity contribution in [2.24, 2.45) is 0 Å². The van der Waals surface area contributed by atoms with Crippen LogP contribution in [0.1, 0.15) is 19.1 Å². The summed E-state index contributed by atoms with van der Waals surface area (Å²) in [4.78, 5) is 0. The predicted molar refractivity (Wildman–Crippen MR) is 34.0 cm³/mol. The Morgan fingerprint density at radius 2 is 2.62 bits per heavy atom. The molecule has 0 amide bonds. The van der Waals surface area contributed by atoms with Gasteiger partial charge in [0.15, 0.2) is 0 Å². The Bertz CT molecular complexity index is 134. The fraction of sp³-hybridized carbons (Fsp3) is 0.500. The van der Waals surface area contributed by atoms with Crippen LogP contribution in [-0.2, 0) is 6.42 Å². The molecule has 0 aliphatic rings. The van der Waals surface area contributed by atoms with Crippen LogP contribution in [0.2, 0.25) is 0 Å². The van der Waals surface area contributed by atoms with E-state index in [1.54, 1.807) is 7.13 Å². The number of hydrogen-bond donors (Lipinski definition) is 0. The van der Waals surface area contributed by atoms with E-state index in [-0.39, 0.29) is 0 Å². The molecule has 0 saturated carbocycles. The van der Waals surface area contributed by atoms with Crippen molar-refractivity contribution in [1.82, 2.24) is 0 Å². The van der Waals surface area contributed by atoms with Crippen LogP contribution in [0.3, 0.4) is 0 Å². The predicted octanol–water partition coefficient (Wildman–Crippen LogP) is 1.57. The Balaban J connectivity index is 2.50. The Morgan fingerprint density at radius 3 is 3.12 bits per heavy atom. The molecule has 42 valence electrons. The van der Waals surface area contributed by atoms with Gasteiger partial charge in [-0.15, -0.1) is 0 Å². The maximum absolute atomic E-state index is 5.07. The van der Waals surface area contributed by atoms with Gasteiger partial charge in [0, 0.05) is 0 Å². The van der Waals surface area contributed by atoms with E-state index in [0.717, 1.165) is 18.6 Å². The van der Waals surface area contributed by atoms with Crippen molar-refractivity contribution in [3.05, 3.63) is 17.8 Å². The summed E-state index contributed by atoms with van der Waals surface area (Å²) in [7, 11) is 1.71. The van der Waals surface area contributed by atoms with Crippen LogP contribution in [0.15, 0.2) is 16.4 Å². The molecular weight excluding hydrogens is 98.9 g/mol. The molecule has 0 radical (unpaired) electrons. The first-order chi connectivity index (χ1) is 3.93. The third-order valence-corrected chi connectivity index (χ3v) is 1.08. The SMILES string of the molecule is CCCc1ccbo1. The second-order valence-corrected chi connectivity index (χ2v) is 1.83. The Labute approximate surface area is 50.0 Å². The van der Waals surface area contributed by atoms with E-state index in [9.17, 15) is 0 Å². The van der Waals surface area contributed by atoms with Crippen molar-refractivity contribution >= 4 is 7.13 Å². The minimum absolute atomic E-state index is 1.06. The molecule has 0 fully saturated rings. The number of hydrogen-bond acceptors (Lipinski definition) is 1. The third-order valence-electron chi connectivity index (χ3n) is 1.08. The standard InChI is InChI=1S/C6H9BO/c1-2-3-6-4-5-7-8-6/h4-5H,2-3H2,1H3. The zero-order valence-corrected chi connectivity index (χ0v) is 5.05. The van der Waals surface area contributed by atoms with Crippen LogP contribution in [0, 0.1) is 0 Å². The molecule has 1 aromatic heterocycles. The summed E-state index contributed by atoms with van der Waals surface area (Å²) in [6, 6.07) is 2.00. The van der Waals surface area contributed by atoms with Gasteiger partial charge in [-0.2, -0.15) is 0 Å². The fourth-order valence-electron chi connectivity index (χ4n) is 0.701. The average Bonchev–Trinajstić information content (AvgIpc) is 2.19. The van der Waals surface area contributed by atoms with Gasteiger partial charge in [-0.1, -0.05) is 0 Å². The molecule has 0 bridgehead atoms. The van der Waals surface area contributed by atoms with Crippen LogP contribution >= 0.6 is 0 Å². The van der Waals surface area contributed by atoms with Crippen LogP contribution in [0.5, 0.6) is 0 Å². The van der Waals surface area contributed by atoms with E-state index in [0.29, 0.717) is 0 Å². The normalized spacial score (nSPS) is 9.12. The molecule has 2 heteroatoms. The summed E-state index contributed by atoms with van der Waals surface area (Å²) in [5, 5.41) is 0. The molecule has 8 heavy (non-hydrogen) atoms. The Morgan fingerprint density at radius 1 is 1.75 bits per heavy atom. The number of aryl methyl sites for hydroxylation is 1. The van der Waals surface area contributed by atoms with Crippen molar-refractivity contribution < 1.29 is 4.33 Å². The van der Waals surface area contributed by atoms with E-state index < -0.39 is 0 Å². The summed E-state index contributed by atoms with van der Waals surface area (Å²) in [6.07, 6.45) is 2.22. The second-order valence-electron chi connectivity index (χ2n) is 1.83. The van der Waals surface area contributed by atoms with E-state index in [2.05, 4.69) is 6.92 Å². The summed E-state index contributed by atoms with van der Waals surface area (Å²) in [6.45, 7) is 2.14. The van der Waals surface area contributed by atoms with Crippen LogP contribution in [0.4, 0.5) is 0 Å². The van der Waals surface area contributed by atoms with E-state index in [1.165, 1.54) is 0 Å². The Hall–Kier alpha value is -0.525. The first-order valence-electron chi connectivity index (χ1n) is 2.96. The quantitative estimate of drug-likeness (QED) is 0.560. The van der Waals surface area contributed by atoms with Gasteiger partial charge in [0.1, 0.15) is 0 Å². The molecule has 1 aromatic rings. The van der Waals surface area contributed by atoms with Gasteiger partial charge in [-0.25, -0.2) is 0 Å². The topological polar surface area (TPSA) is 13.1 Å². The molecule has 0 aromatic carbocycles. The third kappa shape index (κ3) is 1.22. The molecule has 0 unspecified atom stereocenters. The molecule has 0 spiro atoms. The minimum atomic E-state index is 1.06. The monoisotopic (exact) mass is 108 g/mol. The zero-order valence-electron chi connectivity index (χ0n) is 5.05. The maximum atomic E-state index is 5.07. The molecule has 0 aliphatic heterocycles. The van der Waals surface area contributed by atoms with E-state index in [1.807, 2.05) is 12.0 Å². The van der Waals surface area contributed by atoms with Crippen molar-refractivity contribution in [3.63, 3.8) is 0 Å². The molecule has 0 aliphatic carbocycles. The van der Waals surface area contributed by atoms with Crippen molar-refractivity contribution in [2.75, 3.05) is 0 Å². The molecule has 1 rings (SSSR count). The summed E-state index contributed by atoms with van der Waals surface area (Å²) >= 11 is 0. The molecule has 1 heterocycles. The second kappa shape index (κ2) is 2.70. The van der Waals surface area contributed by atoms with Crippen LogP contribution in [-0.4, -0.2) is 7.13 Å².